The minimum absolute atomic E-state index is 0.0420. The van der Waals surface area contributed by atoms with Crippen LogP contribution in [-0.2, 0) is 0 Å². The van der Waals surface area contributed by atoms with Crippen molar-refractivity contribution in [2.24, 2.45) is 0 Å². The van der Waals surface area contributed by atoms with E-state index in [4.69, 9.17) is 5.11 Å². The Morgan fingerprint density at radius 2 is 1.53 bits per heavy atom. The van der Waals surface area contributed by atoms with Crippen molar-refractivity contribution in [1.82, 2.24) is 0 Å². The molecule has 1 nitrogen and oxygen atoms in total. The standard InChI is InChI=1S/C15H13BrO/c16-14-8-6-13(7-9-14)15(10-11-17)12-4-2-1-3-5-12/h1-10,17H,11H2. The molecule has 2 heteroatoms. The van der Waals surface area contributed by atoms with E-state index in [2.05, 4.69) is 15.9 Å². The molecule has 0 heterocycles. The van der Waals surface area contributed by atoms with Crippen LogP contribution in [0.2, 0.25) is 0 Å². The van der Waals surface area contributed by atoms with Crippen LogP contribution in [-0.4, -0.2) is 11.7 Å². The zero-order valence-corrected chi connectivity index (χ0v) is 10.9. The van der Waals surface area contributed by atoms with E-state index in [0.717, 1.165) is 21.2 Å². The topological polar surface area (TPSA) is 20.2 Å². The first-order chi connectivity index (χ1) is 8.31. The first-order valence-electron chi connectivity index (χ1n) is 5.43. The normalized spacial score (nSPS) is 11.5. The lowest BCUT2D eigenvalue weighted by atomic mass is 9.98. The Morgan fingerprint density at radius 1 is 0.941 bits per heavy atom. The number of hydrogen-bond donors (Lipinski definition) is 1. The molecule has 17 heavy (non-hydrogen) atoms. The maximum Gasteiger partial charge on any atom is 0.0621 e. The van der Waals surface area contributed by atoms with Crippen LogP contribution in [0.25, 0.3) is 5.57 Å². The van der Waals surface area contributed by atoms with Crippen molar-refractivity contribution in [3.8, 4) is 0 Å². The molecule has 0 amide bonds. The van der Waals surface area contributed by atoms with Gasteiger partial charge < -0.3 is 5.11 Å². The number of aliphatic hydroxyl groups excluding tert-OH is 1. The zero-order chi connectivity index (χ0) is 12.1. The van der Waals surface area contributed by atoms with Gasteiger partial charge in [-0.05, 0) is 28.8 Å². The Labute approximate surface area is 110 Å². The number of aliphatic hydroxyl groups is 1. The third kappa shape index (κ3) is 3.05. The summed E-state index contributed by atoms with van der Waals surface area (Å²) in [5.41, 5.74) is 3.28. The van der Waals surface area contributed by atoms with E-state index in [1.165, 1.54) is 0 Å². The second kappa shape index (κ2) is 5.80. The van der Waals surface area contributed by atoms with Gasteiger partial charge in [0.15, 0.2) is 0 Å². The van der Waals surface area contributed by atoms with Gasteiger partial charge in [0.2, 0.25) is 0 Å². The first kappa shape index (κ1) is 12.1. The van der Waals surface area contributed by atoms with Crippen LogP contribution in [0.15, 0.2) is 65.1 Å². The van der Waals surface area contributed by atoms with Crippen molar-refractivity contribution < 1.29 is 5.11 Å². The summed E-state index contributed by atoms with van der Waals surface area (Å²) in [6, 6.07) is 18.2. The van der Waals surface area contributed by atoms with E-state index < -0.39 is 0 Å². The molecule has 0 spiro atoms. The molecule has 0 saturated carbocycles. The molecule has 0 saturated heterocycles. The maximum absolute atomic E-state index is 9.13. The molecule has 0 bridgehead atoms. The highest BCUT2D eigenvalue weighted by Gasteiger charge is 2.03. The highest BCUT2D eigenvalue weighted by Crippen LogP contribution is 2.24. The van der Waals surface area contributed by atoms with E-state index in [1.807, 2.05) is 60.7 Å². The van der Waals surface area contributed by atoms with Crippen molar-refractivity contribution in [2.75, 3.05) is 6.61 Å². The summed E-state index contributed by atoms with van der Waals surface area (Å²) in [6.45, 7) is 0.0420. The molecule has 0 aliphatic carbocycles. The summed E-state index contributed by atoms with van der Waals surface area (Å²) in [4.78, 5) is 0. The molecule has 0 atom stereocenters. The first-order valence-corrected chi connectivity index (χ1v) is 6.23. The van der Waals surface area contributed by atoms with Crippen molar-refractivity contribution in [3.63, 3.8) is 0 Å². The Balaban J connectivity index is 2.44. The van der Waals surface area contributed by atoms with Gasteiger partial charge in [-0.3, -0.25) is 0 Å². The minimum Gasteiger partial charge on any atom is -0.392 e. The van der Waals surface area contributed by atoms with Gasteiger partial charge in [0.1, 0.15) is 0 Å². The van der Waals surface area contributed by atoms with E-state index >= 15 is 0 Å². The highest BCUT2D eigenvalue weighted by molar-refractivity contribution is 9.10. The molecule has 86 valence electrons. The van der Waals surface area contributed by atoms with Gasteiger partial charge in [0, 0.05) is 4.47 Å². The van der Waals surface area contributed by atoms with Crippen molar-refractivity contribution in [2.45, 2.75) is 0 Å². The number of hydrogen-bond acceptors (Lipinski definition) is 1. The van der Waals surface area contributed by atoms with E-state index in [0.29, 0.717) is 0 Å². The summed E-state index contributed by atoms with van der Waals surface area (Å²) in [6.07, 6.45) is 1.83. The molecule has 0 aliphatic heterocycles. The fraction of sp³-hybridized carbons (Fsp3) is 0.0667. The van der Waals surface area contributed by atoms with E-state index in [9.17, 15) is 0 Å². The zero-order valence-electron chi connectivity index (χ0n) is 9.31. The van der Waals surface area contributed by atoms with Crippen LogP contribution in [0.5, 0.6) is 0 Å². The molecule has 0 aliphatic rings. The SMILES string of the molecule is OCC=C(c1ccccc1)c1ccc(Br)cc1. The summed E-state index contributed by atoms with van der Waals surface area (Å²) in [5.74, 6) is 0. The average molecular weight is 289 g/mol. The number of benzene rings is 2. The van der Waals surface area contributed by atoms with Gasteiger partial charge in [-0.15, -0.1) is 0 Å². The molecule has 2 aromatic carbocycles. The van der Waals surface area contributed by atoms with Crippen molar-refractivity contribution in [1.29, 1.82) is 0 Å². The monoisotopic (exact) mass is 288 g/mol. The van der Waals surface area contributed by atoms with Crippen LogP contribution in [0.3, 0.4) is 0 Å². The van der Waals surface area contributed by atoms with Crippen LogP contribution < -0.4 is 0 Å². The van der Waals surface area contributed by atoms with Gasteiger partial charge in [0.25, 0.3) is 0 Å². The fourth-order valence-corrected chi connectivity index (χ4v) is 2.01. The molecule has 0 unspecified atom stereocenters. The molecular formula is C15H13BrO. The second-order valence-corrected chi connectivity index (χ2v) is 4.59. The van der Waals surface area contributed by atoms with E-state index in [1.54, 1.807) is 0 Å². The van der Waals surface area contributed by atoms with Gasteiger partial charge in [-0.2, -0.15) is 0 Å². The maximum atomic E-state index is 9.13. The third-order valence-electron chi connectivity index (χ3n) is 2.54. The predicted octanol–water partition coefficient (Wildman–Crippen LogP) is 3.87. The largest absolute Gasteiger partial charge is 0.392 e. The molecule has 1 N–H and O–H groups in total. The number of rotatable bonds is 3. The Morgan fingerprint density at radius 3 is 2.12 bits per heavy atom. The van der Waals surface area contributed by atoms with Crippen molar-refractivity contribution >= 4 is 21.5 Å². The molecule has 0 fully saturated rings. The smallest absolute Gasteiger partial charge is 0.0621 e. The molecule has 2 aromatic rings. The molecule has 0 radical (unpaired) electrons. The van der Waals surface area contributed by atoms with Gasteiger partial charge >= 0.3 is 0 Å². The fourth-order valence-electron chi connectivity index (χ4n) is 1.74. The third-order valence-corrected chi connectivity index (χ3v) is 3.06. The molecular weight excluding hydrogens is 276 g/mol. The minimum atomic E-state index is 0.0420. The van der Waals surface area contributed by atoms with Gasteiger partial charge in [0.05, 0.1) is 6.61 Å². The molecule has 0 aromatic heterocycles. The summed E-state index contributed by atoms with van der Waals surface area (Å²) < 4.78 is 1.05. The average Bonchev–Trinajstić information content (AvgIpc) is 2.38. The van der Waals surface area contributed by atoms with E-state index in [-0.39, 0.29) is 6.61 Å². The Bertz CT molecular complexity index is 500. The van der Waals surface area contributed by atoms with Crippen LogP contribution in [0.1, 0.15) is 11.1 Å². The summed E-state index contributed by atoms with van der Waals surface area (Å²) in [5, 5.41) is 9.13. The molecule has 2 rings (SSSR count). The Hall–Kier alpha value is -1.38. The lowest BCUT2D eigenvalue weighted by Gasteiger charge is -2.08. The lowest BCUT2D eigenvalue weighted by molar-refractivity contribution is 0.343. The highest BCUT2D eigenvalue weighted by atomic mass is 79.9. The van der Waals surface area contributed by atoms with Gasteiger partial charge in [-0.25, -0.2) is 0 Å². The van der Waals surface area contributed by atoms with Crippen LogP contribution >= 0.6 is 15.9 Å². The predicted molar refractivity (Wildman–Crippen MR) is 74.7 cm³/mol. The quantitative estimate of drug-likeness (QED) is 0.909. The van der Waals surface area contributed by atoms with Gasteiger partial charge in [-0.1, -0.05) is 64.5 Å². The summed E-state index contributed by atoms with van der Waals surface area (Å²) >= 11 is 3.42. The summed E-state index contributed by atoms with van der Waals surface area (Å²) in [7, 11) is 0. The lowest BCUT2D eigenvalue weighted by Crippen LogP contribution is -1.89. The number of halogens is 1. The van der Waals surface area contributed by atoms with Crippen LogP contribution in [0, 0.1) is 0 Å². The second-order valence-electron chi connectivity index (χ2n) is 3.67. The Kier molecular flexibility index (Phi) is 4.13. The van der Waals surface area contributed by atoms with Crippen molar-refractivity contribution in [3.05, 3.63) is 76.3 Å². The van der Waals surface area contributed by atoms with Crippen LogP contribution in [0.4, 0.5) is 0 Å².